The number of aliphatic hydroxyl groups excluding tert-OH is 1. The largest absolute Gasteiger partial charge is 0.490 e. The third-order valence-electron chi connectivity index (χ3n) is 2.14. The highest BCUT2D eigenvalue weighted by Gasteiger charge is 2.27. The third-order valence-corrected chi connectivity index (χ3v) is 2.44. The zero-order chi connectivity index (χ0) is 13.9. The second-order valence-electron chi connectivity index (χ2n) is 3.37. The van der Waals surface area contributed by atoms with E-state index in [1.165, 1.54) is 20.1 Å². The van der Waals surface area contributed by atoms with Crippen LogP contribution in [0.2, 0.25) is 5.02 Å². The summed E-state index contributed by atoms with van der Waals surface area (Å²) in [5, 5.41) is 22.4. The van der Waals surface area contributed by atoms with Gasteiger partial charge in [0.15, 0.2) is 0 Å². The van der Waals surface area contributed by atoms with E-state index in [1.54, 1.807) is 0 Å². The molecule has 0 aliphatic heterocycles. The Morgan fingerprint density at radius 1 is 1.67 bits per heavy atom. The Hall–Kier alpha value is -1.86. The van der Waals surface area contributed by atoms with Gasteiger partial charge >= 0.3 is 5.69 Å². The molecule has 0 saturated carbocycles. The topological polar surface area (TPSA) is 102 Å². The molecule has 1 rings (SSSR count). The van der Waals surface area contributed by atoms with E-state index in [0.29, 0.717) is 0 Å². The third kappa shape index (κ3) is 2.69. The number of nitro groups is 1. The Kier molecular flexibility index (Phi) is 4.46. The van der Waals surface area contributed by atoms with Crippen LogP contribution in [0.3, 0.4) is 0 Å². The summed E-state index contributed by atoms with van der Waals surface area (Å²) in [7, 11) is 1.23. The molecule has 7 nitrogen and oxygen atoms in total. The van der Waals surface area contributed by atoms with Crippen LogP contribution in [0.4, 0.5) is 11.4 Å². The van der Waals surface area contributed by atoms with Crippen LogP contribution in [0.25, 0.3) is 0 Å². The minimum atomic E-state index is -0.727. The number of benzene rings is 1. The van der Waals surface area contributed by atoms with Gasteiger partial charge in [0.05, 0.1) is 23.7 Å². The van der Waals surface area contributed by atoms with Gasteiger partial charge in [-0.2, -0.15) is 0 Å². The number of nitrogens with one attached hydrogen (secondary N) is 1. The van der Waals surface area contributed by atoms with Crippen molar-refractivity contribution in [2.75, 3.05) is 12.4 Å². The Balaban J connectivity index is 3.58. The van der Waals surface area contributed by atoms with Gasteiger partial charge in [0.25, 0.3) is 0 Å². The molecule has 0 aromatic heterocycles. The molecule has 18 heavy (non-hydrogen) atoms. The van der Waals surface area contributed by atoms with Gasteiger partial charge in [0.1, 0.15) is 5.69 Å². The Morgan fingerprint density at radius 2 is 2.28 bits per heavy atom. The van der Waals surface area contributed by atoms with E-state index in [9.17, 15) is 14.9 Å². The van der Waals surface area contributed by atoms with Crippen molar-refractivity contribution in [3.05, 3.63) is 26.8 Å². The van der Waals surface area contributed by atoms with E-state index in [4.69, 9.17) is 21.4 Å². The zero-order valence-corrected chi connectivity index (χ0v) is 10.4. The first kappa shape index (κ1) is 14.2. The highest BCUT2D eigenvalue weighted by molar-refractivity contribution is 6.34. The first-order chi connectivity index (χ1) is 8.42. The number of anilines is 1. The molecule has 0 bridgehead atoms. The predicted molar refractivity (Wildman–Crippen MR) is 64.9 cm³/mol. The molecule has 0 heterocycles. The van der Waals surface area contributed by atoms with Gasteiger partial charge in [-0.25, -0.2) is 0 Å². The van der Waals surface area contributed by atoms with Crippen LogP contribution < -0.4 is 10.1 Å². The SMILES string of the molecule is COc1c(CO)cc(Cl)c(NC(C)=O)c1[N+](=O)[O-]. The maximum absolute atomic E-state index is 11.0. The van der Waals surface area contributed by atoms with Crippen molar-refractivity contribution in [3.8, 4) is 5.75 Å². The van der Waals surface area contributed by atoms with Crippen molar-refractivity contribution >= 4 is 28.9 Å². The molecular weight excluding hydrogens is 264 g/mol. The number of methoxy groups -OCH3 is 1. The smallest absolute Gasteiger partial charge is 0.336 e. The number of hydrogen-bond donors (Lipinski definition) is 2. The summed E-state index contributed by atoms with van der Waals surface area (Å²) >= 11 is 5.84. The van der Waals surface area contributed by atoms with E-state index < -0.39 is 23.1 Å². The Morgan fingerprint density at radius 3 is 2.67 bits per heavy atom. The van der Waals surface area contributed by atoms with E-state index >= 15 is 0 Å². The lowest BCUT2D eigenvalue weighted by Gasteiger charge is -2.12. The van der Waals surface area contributed by atoms with Gasteiger partial charge < -0.3 is 15.2 Å². The lowest BCUT2D eigenvalue weighted by atomic mass is 10.1. The van der Waals surface area contributed by atoms with Gasteiger partial charge in [-0.3, -0.25) is 14.9 Å². The number of nitro benzene ring substituents is 1. The molecule has 0 radical (unpaired) electrons. The van der Waals surface area contributed by atoms with Crippen LogP contribution in [0.15, 0.2) is 6.07 Å². The second kappa shape index (κ2) is 5.65. The van der Waals surface area contributed by atoms with Gasteiger partial charge in [0, 0.05) is 12.5 Å². The number of aliphatic hydroxyl groups is 1. The van der Waals surface area contributed by atoms with Crippen molar-refractivity contribution in [1.29, 1.82) is 0 Å². The molecule has 0 spiro atoms. The summed E-state index contributed by atoms with van der Waals surface area (Å²) < 4.78 is 4.89. The van der Waals surface area contributed by atoms with Crippen molar-refractivity contribution in [1.82, 2.24) is 0 Å². The number of halogens is 1. The molecule has 0 aliphatic carbocycles. The van der Waals surface area contributed by atoms with Gasteiger partial charge in [0.2, 0.25) is 11.7 Å². The van der Waals surface area contributed by atoms with Crippen molar-refractivity contribution in [3.63, 3.8) is 0 Å². The first-order valence-corrected chi connectivity index (χ1v) is 5.22. The summed E-state index contributed by atoms with van der Waals surface area (Å²) in [6.45, 7) is 0.733. The maximum atomic E-state index is 11.0. The number of hydrogen-bond acceptors (Lipinski definition) is 5. The number of carbonyl (C=O) groups excluding carboxylic acids is 1. The highest BCUT2D eigenvalue weighted by atomic mass is 35.5. The van der Waals surface area contributed by atoms with E-state index in [2.05, 4.69) is 5.32 Å². The predicted octanol–water partition coefficient (Wildman–Crippen LogP) is 1.71. The fourth-order valence-electron chi connectivity index (χ4n) is 1.48. The first-order valence-electron chi connectivity index (χ1n) is 4.84. The van der Waals surface area contributed by atoms with Crippen molar-refractivity contribution < 1.29 is 19.6 Å². The van der Waals surface area contributed by atoms with E-state index in [-0.39, 0.29) is 22.0 Å². The van der Waals surface area contributed by atoms with Gasteiger partial charge in [-0.1, -0.05) is 11.6 Å². The molecule has 0 aliphatic rings. The van der Waals surface area contributed by atoms with Crippen molar-refractivity contribution in [2.45, 2.75) is 13.5 Å². The molecular formula is C10H11ClN2O5. The quantitative estimate of drug-likeness (QED) is 0.643. The molecule has 1 amide bonds. The highest BCUT2D eigenvalue weighted by Crippen LogP contribution is 2.42. The average molecular weight is 275 g/mol. The fourth-order valence-corrected chi connectivity index (χ4v) is 1.75. The lowest BCUT2D eigenvalue weighted by Crippen LogP contribution is -2.10. The minimum absolute atomic E-state index is 0.0400. The molecule has 0 fully saturated rings. The molecule has 98 valence electrons. The molecule has 8 heteroatoms. The van der Waals surface area contributed by atoms with Crippen LogP contribution in [-0.4, -0.2) is 23.0 Å². The number of rotatable bonds is 4. The Bertz CT molecular complexity index is 504. The second-order valence-corrected chi connectivity index (χ2v) is 3.78. The van der Waals surface area contributed by atoms with Crippen LogP contribution in [0, 0.1) is 10.1 Å². The monoisotopic (exact) mass is 274 g/mol. The molecule has 2 N–H and O–H groups in total. The van der Waals surface area contributed by atoms with Crippen LogP contribution in [-0.2, 0) is 11.4 Å². The molecule has 1 aromatic carbocycles. The van der Waals surface area contributed by atoms with Crippen LogP contribution >= 0.6 is 11.6 Å². The summed E-state index contributed by atoms with van der Waals surface area (Å²) in [5.41, 5.74) is -0.462. The number of nitrogens with zero attached hydrogens (tertiary/aromatic N) is 1. The van der Waals surface area contributed by atoms with E-state index in [0.717, 1.165) is 0 Å². The number of ether oxygens (including phenoxy) is 1. The normalized spacial score (nSPS) is 10.0. The van der Waals surface area contributed by atoms with Gasteiger partial charge in [-0.15, -0.1) is 0 Å². The van der Waals surface area contributed by atoms with Crippen LogP contribution in [0.5, 0.6) is 5.75 Å². The van der Waals surface area contributed by atoms with Gasteiger partial charge in [-0.05, 0) is 6.07 Å². The number of amides is 1. The average Bonchev–Trinajstić information content (AvgIpc) is 2.29. The van der Waals surface area contributed by atoms with Crippen LogP contribution in [0.1, 0.15) is 12.5 Å². The zero-order valence-electron chi connectivity index (χ0n) is 9.69. The molecule has 0 atom stereocenters. The number of carbonyl (C=O) groups is 1. The minimum Gasteiger partial charge on any atom is -0.490 e. The summed E-state index contributed by atoms with van der Waals surface area (Å²) in [6, 6.07) is 1.30. The van der Waals surface area contributed by atoms with Crippen molar-refractivity contribution in [2.24, 2.45) is 0 Å². The standard InChI is InChI=1S/C10H11ClN2O5/c1-5(15)12-8-7(11)3-6(4-14)10(18-2)9(8)13(16)17/h3,14H,4H2,1-2H3,(H,12,15). The Labute approximate surface area is 107 Å². The summed E-state index contributed by atoms with van der Waals surface area (Å²) in [6.07, 6.45) is 0. The fraction of sp³-hybridized carbons (Fsp3) is 0.300. The summed E-state index contributed by atoms with van der Waals surface area (Å²) in [5.74, 6) is -0.630. The molecule has 0 unspecified atom stereocenters. The maximum Gasteiger partial charge on any atom is 0.336 e. The lowest BCUT2D eigenvalue weighted by molar-refractivity contribution is -0.384. The summed E-state index contributed by atoms with van der Waals surface area (Å²) in [4.78, 5) is 21.3. The molecule has 1 aromatic rings. The molecule has 0 saturated heterocycles. The van der Waals surface area contributed by atoms with E-state index in [1.807, 2.05) is 0 Å².